The molecule has 2 amide bonds. The lowest BCUT2D eigenvalue weighted by atomic mass is 10.2. The van der Waals surface area contributed by atoms with Gasteiger partial charge in [0, 0.05) is 16.1 Å². The first-order valence-electron chi connectivity index (χ1n) is 7.68. The summed E-state index contributed by atoms with van der Waals surface area (Å²) in [4.78, 5) is 24.0. The first kappa shape index (κ1) is 20.2. The molecule has 9 heteroatoms. The van der Waals surface area contributed by atoms with Crippen LogP contribution in [0.4, 0.5) is 5.69 Å². The monoisotopic (exact) mass is 435 g/mol. The molecule has 27 heavy (non-hydrogen) atoms. The first-order valence-corrected chi connectivity index (χ1v) is 8.47. The molecule has 142 valence electrons. The van der Waals surface area contributed by atoms with E-state index in [1.165, 1.54) is 27.5 Å². The van der Waals surface area contributed by atoms with E-state index in [-0.39, 0.29) is 0 Å². The van der Waals surface area contributed by atoms with Crippen LogP contribution in [0.5, 0.6) is 17.2 Å². The van der Waals surface area contributed by atoms with Crippen LogP contribution in [0.15, 0.2) is 46.0 Å². The molecule has 2 aromatic rings. The standard InChI is InChI=1S/C18H18BrN3O5/c1-25-13-5-6-14(16(9-13)27-3)21-17(23)18(24)22-20-10-11-8-12(19)4-7-15(11)26-2/h4-10H,1-3H3,(H,21,23)(H,22,24)/b20-10-. The van der Waals surface area contributed by atoms with Gasteiger partial charge in [0.25, 0.3) is 0 Å². The highest BCUT2D eigenvalue weighted by molar-refractivity contribution is 9.10. The van der Waals surface area contributed by atoms with Gasteiger partial charge in [0.05, 0.1) is 33.2 Å². The zero-order valence-corrected chi connectivity index (χ0v) is 16.5. The number of nitrogens with one attached hydrogen (secondary N) is 2. The molecule has 0 saturated carbocycles. The van der Waals surface area contributed by atoms with Gasteiger partial charge in [-0.1, -0.05) is 15.9 Å². The second kappa shape index (κ2) is 9.58. The number of amides is 2. The molecule has 0 fully saturated rings. The molecule has 0 aromatic heterocycles. The van der Waals surface area contributed by atoms with Crippen LogP contribution < -0.4 is 25.0 Å². The highest BCUT2D eigenvalue weighted by atomic mass is 79.9. The maximum atomic E-state index is 12.0. The van der Waals surface area contributed by atoms with Crippen LogP contribution in [0.2, 0.25) is 0 Å². The molecule has 0 atom stereocenters. The maximum Gasteiger partial charge on any atom is 0.329 e. The second-order valence-electron chi connectivity index (χ2n) is 5.11. The largest absolute Gasteiger partial charge is 0.497 e. The number of hydrazone groups is 1. The Morgan fingerprint density at radius 2 is 1.70 bits per heavy atom. The molecule has 0 heterocycles. The molecule has 0 radical (unpaired) electrons. The number of ether oxygens (including phenoxy) is 3. The van der Waals surface area contributed by atoms with Crippen molar-refractivity contribution in [3.8, 4) is 17.2 Å². The van der Waals surface area contributed by atoms with Gasteiger partial charge in [-0.15, -0.1) is 0 Å². The van der Waals surface area contributed by atoms with Crippen molar-refractivity contribution in [2.24, 2.45) is 5.10 Å². The number of carbonyl (C=O) groups excluding carboxylic acids is 2. The average Bonchev–Trinajstić information content (AvgIpc) is 2.68. The fourth-order valence-corrected chi connectivity index (χ4v) is 2.48. The molecule has 2 aromatic carbocycles. The predicted octanol–water partition coefficient (Wildman–Crippen LogP) is 2.56. The predicted molar refractivity (Wildman–Crippen MR) is 105 cm³/mol. The summed E-state index contributed by atoms with van der Waals surface area (Å²) >= 11 is 3.34. The molecule has 8 nitrogen and oxygen atoms in total. The highest BCUT2D eigenvalue weighted by Crippen LogP contribution is 2.28. The van der Waals surface area contributed by atoms with Gasteiger partial charge in [0.15, 0.2) is 0 Å². The number of carbonyl (C=O) groups is 2. The third kappa shape index (κ3) is 5.45. The molecule has 0 spiro atoms. The van der Waals surface area contributed by atoms with Crippen molar-refractivity contribution in [3.05, 3.63) is 46.4 Å². The van der Waals surface area contributed by atoms with E-state index >= 15 is 0 Å². The molecular weight excluding hydrogens is 418 g/mol. The van der Waals surface area contributed by atoms with E-state index in [0.717, 1.165) is 4.47 Å². The lowest BCUT2D eigenvalue weighted by Gasteiger charge is -2.11. The minimum Gasteiger partial charge on any atom is -0.497 e. The lowest BCUT2D eigenvalue weighted by Crippen LogP contribution is -2.32. The summed E-state index contributed by atoms with van der Waals surface area (Å²) in [5.41, 5.74) is 3.12. The van der Waals surface area contributed by atoms with E-state index in [4.69, 9.17) is 14.2 Å². The summed E-state index contributed by atoms with van der Waals surface area (Å²) in [7, 11) is 4.48. The molecular formula is C18H18BrN3O5. The average molecular weight is 436 g/mol. The minimum atomic E-state index is -0.932. The Hall–Kier alpha value is -3.07. The van der Waals surface area contributed by atoms with Gasteiger partial charge in [0.1, 0.15) is 17.2 Å². The van der Waals surface area contributed by atoms with Crippen molar-refractivity contribution in [2.75, 3.05) is 26.6 Å². The van der Waals surface area contributed by atoms with Crippen molar-refractivity contribution < 1.29 is 23.8 Å². The molecule has 2 N–H and O–H groups in total. The Morgan fingerprint density at radius 3 is 2.37 bits per heavy atom. The van der Waals surface area contributed by atoms with Gasteiger partial charge in [-0.25, -0.2) is 5.43 Å². The van der Waals surface area contributed by atoms with Crippen LogP contribution in [-0.4, -0.2) is 39.4 Å². The van der Waals surface area contributed by atoms with Gasteiger partial charge in [-0.2, -0.15) is 5.10 Å². The van der Waals surface area contributed by atoms with Crippen LogP contribution in [0.3, 0.4) is 0 Å². The molecule has 2 rings (SSSR count). The molecule has 0 aliphatic heterocycles. The van der Waals surface area contributed by atoms with Crippen molar-refractivity contribution in [1.82, 2.24) is 5.43 Å². The molecule has 0 bridgehead atoms. The summed E-state index contributed by atoms with van der Waals surface area (Å²) in [6.07, 6.45) is 1.38. The van der Waals surface area contributed by atoms with E-state index in [9.17, 15) is 9.59 Å². The number of hydrogen-bond acceptors (Lipinski definition) is 6. The molecule has 0 unspecified atom stereocenters. The number of halogens is 1. The smallest absolute Gasteiger partial charge is 0.329 e. The zero-order chi connectivity index (χ0) is 19.8. The van der Waals surface area contributed by atoms with Crippen LogP contribution in [0.25, 0.3) is 0 Å². The van der Waals surface area contributed by atoms with Crippen LogP contribution in [-0.2, 0) is 9.59 Å². The summed E-state index contributed by atoms with van der Waals surface area (Å²) in [5.74, 6) is -0.335. The number of anilines is 1. The second-order valence-corrected chi connectivity index (χ2v) is 6.02. The van der Waals surface area contributed by atoms with Crippen LogP contribution in [0, 0.1) is 0 Å². The van der Waals surface area contributed by atoms with Gasteiger partial charge >= 0.3 is 11.8 Å². The fourth-order valence-electron chi connectivity index (χ4n) is 2.10. The zero-order valence-electron chi connectivity index (χ0n) is 14.9. The maximum absolute atomic E-state index is 12.0. The number of rotatable bonds is 6. The number of methoxy groups -OCH3 is 3. The minimum absolute atomic E-state index is 0.330. The quantitative estimate of drug-likeness (QED) is 0.412. The van der Waals surface area contributed by atoms with E-state index in [0.29, 0.717) is 28.5 Å². The number of nitrogens with zero attached hydrogens (tertiary/aromatic N) is 1. The third-order valence-electron chi connectivity index (χ3n) is 3.42. The molecule has 0 saturated heterocycles. The van der Waals surface area contributed by atoms with E-state index in [1.54, 1.807) is 30.3 Å². The normalized spacial score (nSPS) is 10.4. The number of hydrogen-bond donors (Lipinski definition) is 2. The lowest BCUT2D eigenvalue weighted by molar-refractivity contribution is -0.136. The van der Waals surface area contributed by atoms with Crippen molar-refractivity contribution >= 4 is 39.6 Å². The van der Waals surface area contributed by atoms with Crippen molar-refractivity contribution in [1.29, 1.82) is 0 Å². The molecule has 0 aliphatic carbocycles. The van der Waals surface area contributed by atoms with Gasteiger partial charge in [-0.05, 0) is 30.3 Å². The SMILES string of the molecule is COc1ccc(NC(=O)C(=O)N/N=C\c2cc(Br)ccc2OC)c(OC)c1. The Bertz CT molecular complexity index is 870. The Balaban J connectivity index is 2.02. The summed E-state index contributed by atoms with van der Waals surface area (Å²) in [6.45, 7) is 0. The van der Waals surface area contributed by atoms with E-state index < -0.39 is 11.8 Å². The number of benzene rings is 2. The van der Waals surface area contributed by atoms with Gasteiger partial charge in [-0.3, -0.25) is 9.59 Å². The highest BCUT2D eigenvalue weighted by Gasteiger charge is 2.16. The Kier molecular flexibility index (Phi) is 7.18. The molecule has 0 aliphatic rings. The van der Waals surface area contributed by atoms with Crippen LogP contribution in [0.1, 0.15) is 5.56 Å². The third-order valence-corrected chi connectivity index (χ3v) is 3.92. The summed E-state index contributed by atoms with van der Waals surface area (Å²) < 4.78 is 16.3. The summed E-state index contributed by atoms with van der Waals surface area (Å²) in [6, 6.07) is 10.1. The first-order chi connectivity index (χ1) is 13.0. The Labute approximate surface area is 164 Å². The summed E-state index contributed by atoms with van der Waals surface area (Å²) in [5, 5.41) is 6.24. The Morgan fingerprint density at radius 1 is 0.963 bits per heavy atom. The van der Waals surface area contributed by atoms with E-state index in [2.05, 4.69) is 31.8 Å². The van der Waals surface area contributed by atoms with Crippen LogP contribution >= 0.6 is 15.9 Å². The topological polar surface area (TPSA) is 98.2 Å². The van der Waals surface area contributed by atoms with E-state index in [1.807, 2.05) is 6.07 Å². The van der Waals surface area contributed by atoms with Crippen molar-refractivity contribution in [3.63, 3.8) is 0 Å². The van der Waals surface area contributed by atoms with Gasteiger partial charge < -0.3 is 19.5 Å². The van der Waals surface area contributed by atoms with Gasteiger partial charge in [0.2, 0.25) is 0 Å². The fraction of sp³-hybridized carbons (Fsp3) is 0.167. The van der Waals surface area contributed by atoms with Crippen molar-refractivity contribution in [2.45, 2.75) is 0 Å².